The minimum absolute atomic E-state index is 0.0730. The molecule has 1 aromatic heterocycles. The SMILES string of the molecule is Cc1c(C(=O)O)nc(=O)[nH]c1C(C)C. The van der Waals surface area contributed by atoms with Gasteiger partial charge in [0, 0.05) is 11.3 Å². The van der Waals surface area contributed by atoms with Crippen LogP contribution in [0.5, 0.6) is 0 Å². The molecular weight excluding hydrogens is 184 g/mol. The van der Waals surface area contributed by atoms with E-state index >= 15 is 0 Å². The van der Waals surface area contributed by atoms with Crippen LogP contribution in [0.4, 0.5) is 0 Å². The van der Waals surface area contributed by atoms with Gasteiger partial charge in [0.1, 0.15) is 0 Å². The van der Waals surface area contributed by atoms with Crippen LogP contribution in [0.2, 0.25) is 0 Å². The largest absolute Gasteiger partial charge is 0.476 e. The Morgan fingerprint density at radius 1 is 1.50 bits per heavy atom. The summed E-state index contributed by atoms with van der Waals surface area (Å²) in [6.07, 6.45) is 0. The predicted octanol–water partition coefficient (Wildman–Crippen LogP) is 0.900. The highest BCUT2D eigenvalue weighted by atomic mass is 16.4. The normalized spacial score (nSPS) is 10.6. The van der Waals surface area contributed by atoms with Gasteiger partial charge in [0.15, 0.2) is 5.69 Å². The Hall–Kier alpha value is -1.65. The summed E-state index contributed by atoms with van der Waals surface area (Å²) in [5.74, 6) is -1.10. The molecule has 0 amide bonds. The molecule has 0 radical (unpaired) electrons. The number of carboxylic acid groups (broad SMARTS) is 1. The second-order valence-electron chi connectivity index (χ2n) is 3.39. The van der Waals surface area contributed by atoms with Crippen molar-refractivity contribution < 1.29 is 9.90 Å². The van der Waals surface area contributed by atoms with Crippen molar-refractivity contribution in [2.24, 2.45) is 0 Å². The van der Waals surface area contributed by atoms with E-state index in [2.05, 4.69) is 9.97 Å². The van der Waals surface area contributed by atoms with Crippen molar-refractivity contribution >= 4 is 5.97 Å². The average molecular weight is 196 g/mol. The van der Waals surface area contributed by atoms with Crippen LogP contribution in [0, 0.1) is 6.92 Å². The van der Waals surface area contributed by atoms with Crippen LogP contribution in [0.15, 0.2) is 4.79 Å². The molecule has 0 fully saturated rings. The Morgan fingerprint density at radius 3 is 2.50 bits per heavy atom. The molecule has 0 aliphatic rings. The van der Waals surface area contributed by atoms with Crippen LogP contribution in [0.1, 0.15) is 41.5 Å². The first-order chi connectivity index (χ1) is 6.43. The Kier molecular flexibility index (Phi) is 2.69. The third kappa shape index (κ3) is 1.81. The first-order valence-corrected chi connectivity index (χ1v) is 4.27. The number of rotatable bonds is 2. The Bertz CT molecular complexity index is 421. The number of hydrogen-bond donors (Lipinski definition) is 2. The average Bonchev–Trinajstić information content (AvgIpc) is 2.07. The monoisotopic (exact) mass is 196 g/mol. The molecule has 0 saturated carbocycles. The van der Waals surface area contributed by atoms with E-state index in [4.69, 9.17) is 5.11 Å². The van der Waals surface area contributed by atoms with Gasteiger partial charge in [-0.05, 0) is 12.8 Å². The first kappa shape index (κ1) is 10.4. The van der Waals surface area contributed by atoms with Crippen LogP contribution in [-0.2, 0) is 0 Å². The smallest absolute Gasteiger partial charge is 0.355 e. The van der Waals surface area contributed by atoms with Crippen molar-refractivity contribution in [1.82, 2.24) is 9.97 Å². The molecule has 14 heavy (non-hydrogen) atoms. The molecule has 1 aromatic rings. The molecule has 0 saturated heterocycles. The molecule has 5 heteroatoms. The summed E-state index contributed by atoms with van der Waals surface area (Å²) in [6, 6.07) is 0. The van der Waals surface area contributed by atoms with E-state index in [1.807, 2.05) is 13.8 Å². The van der Waals surface area contributed by atoms with Gasteiger partial charge in [-0.1, -0.05) is 13.8 Å². The number of H-pyrrole nitrogens is 1. The summed E-state index contributed by atoms with van der Waals surface area (Å²) < 4.78 is 0. The molecule has 2 N–H and O–H groups in total. The van der Waals surface area contributed by atoms with Gasteiger partial charge in [-0.3, -0.25) is 0 Å². The molecule has 0 bridgehead atoms. The Balaban J connectivity index is 3.48. The fourth-order valence-electron chi connectivity index (χ4n) is 1.34. The summed E-state index contributed by atoms with van der Waals surface area (Å²) in [4.78, 5) is 27.7. The summed E-state index contributed by atoms with van der Waals surface area (Å²) in [7, 11) is 0. The van der Waals surface area contributed by atoms with Crippen molar-refractivity contribution in [3.05, 3.63) is 27.4 Å². The van der Waals surface area contributed by atoms with E-state index in [1.165, 1.54) is 0 Å². The molecule has 0 aromatic carbocycles. The van der Waals surface area contributed by atoms with Crippen molar-refractivity contribution in [2.75, 3.05) is 0 Å². The van der Waals surface area contributed by atoms with E-state index in [1.54, 1.807) is 6.92 Å². The molecule has 76 valence electrons. The highest BCUT2D eigenvalue weighted by Crippen LogP contribution is 2.16. The van der Waals surface area contributed by atoms with Crippen molar-refractivity contribution in [3.63, 3.8) is 0 Å². The number of carbonyl (C=O) groups is 1. The minimum Gasteiger partial charge on any atom is -0.476 e. The summed E-state index contributed by atoms with van der Waals surface area (Å²) in [5.41, 5.74) is 0.364. The lowest BCUT2D eigenvalue weighted by Gasteiger charge is -2.09. The van der Waals surface area contributed by atoms with Gasteiger partial charge < -0.3 is 10.1 Å². The van der Waals surface area contributed by atoms with Gasteiger partial charge in [-0.15, -0.1) is 0 Å². The van der Waals surface area contributed by atoms with Crippen molar-refractivity contribution in [2.45, 2.75) is 26.7 Å². The highest BCUT2D eigenvalue weighted by molar-refractivity contribution is 5.87. The van der Waals surface area contributed by atoms with E-state index < -0.39 is 11.7 Å². The Labute approximate surface area is 80.8 Å². The lowest BCUT2D eigenvalue weighted by atomic mass is 10.0. The van der Waals surface area contributed by atoms with Crippen molar-refractivity contribution in [3.8, 4) is 0 Å². The number of aromatic amines is 1. The maximum Gasteiger partial charge on any atom is 0.355 e. The predicted molar refractivity (Wildman–Crippen MR) is 50.6 cm³/mol. The Morgan fingerprint density at radius 2 is 2.07 bits per heavy atom. The van der Waals surface area contributed by atoms with Gasteiger partial charge in [0.05, 0.1) is 0 Å². The van der Waals surface area contributed by atoms with Gasteiger partial charge >= 0.3 is 11.7 Å². The molecule has 0 spiro atoms. The highest BCUT2D eigenvalue weighted by Gasteiger charge is 2.15. The minimum atomic E-state index is -1.17. The van der Waals surface area contributed by atoms with Gasteiger partial charge in [0.25, 0.3) is 0 Å². The first-order valence-electron chi connectivity index (χ1n) is 4.27. The fourth-order valence-corrected chi connectivity index (χ4v) is 1.34. The number of hydrogen-bond acceptors (Lipinski definition) is 3. The van der Waals surface area contributed by atoms with Crippen LogP contribution in [0.3, 0.4) is 0 Å². The molecule has 0 unspecified atom stereocenters. The number of nitrogens with zero attached hydrogens (tertiary/aromatic N) is 1. The topological polar surface area (TPSA) is 83.0 Å². The number of aromatic carboxylic acids is 1. The second-order valence-corrected chi connectivity index (χ2v) is 3.39. The van der Waals surface area contributed by atoms with Gasteiger partial charge in [0.2, 0.25) is 0 Å². The number of nitrogens with one attached hydrogen (secondary N) is 1. The molecule has 0 aliphatic heterocycles. The maximum absolute atomic E-state index is 11.0. The standard InChI is InChI=1S/C9H12N2O3/c1-4(2)6-5(3)7(8(12)13)11-9(14)10-6/h4H,1-3H3,(H,12,13)(H,10,11,14). The second kappa shape index (κ2) is 3.61. The number of aromatic nitrogens is 2. The zero-order valence-electron chi connectivity index (χ0n) is 8.29. The van der Waals surface area contributed by atoms with Crippen LogP contribution >= 0.6 is 0 Å². The summed E-state index contributed by atoms with van der Waals surface area (Å²) >= 11 is 0. The summed E-state index contributed by atoms with van der Waals surface area (Å²) in [5, 5.41) is 8.78. The lowest BCUT2D eigenvalue weighted by molar-refractivity contribution is 0.0688. The maximum atomic E-state index is 11.0. The zero-order chi connectivity index (χ0) is 10.9. The van der Waals surface area contributed by atoms with E-state index in [0.717, 1.165) is 0 Å². The van der Waals surface area contributed by atoms with Crippen LogP contribution in [-0.4, -0.2) is 21.0 Å². The van der Waals surface area contributed by atoms with Crippen molar-refractivity contribution in [1.29, 1.82) is 0 Å². The molecule has 5 nitrogen and oxygen atoms in total. The number of carboxylic acids is 1. The van der Waals surface area contributed by atoms with E-state index in [-0.39, 0.29) is 11.6 Å². The molecular formula is C9H12N2O3. The molecule has 1 heterocycles. The zero-order valence-corrected chi connectivity index (χ0v) is 8.29. The molecule has 0 atom stereocenters. The third-order valence-electron chi connectivity index (χ3n) is 1.99. The third-order valence-corrected chi connectivity index (χ3v) is 1.99. The fraction of sp³-hybridized carbons (Fsp3) is 0.444. The van der Waals surface area contributed by atoms with E-state index in [0.29, 0.717) is 11.3 Å². The quantitative estimate of drug-likeness (QED) is 0.736. The van der Waals surface area contributed by atoms with Crippen LogP contribution in [0.25, 0.3) is 0 Å². The molecule has 0 aliphatic carbocycles. The van der Waals surface area contributed by atoms with Gasteiger partial charge in [-0.2, -0.15) is 4.98 Å². The van der Waals surface area contributed by atoms with E-state index in [9.17, 15) is 9.59 Å². The summed E-state index contributed by atoms with van der Waals surface area (Å²) in [6.45, 7) is 5.40. The molecule has 1 rings (SSSR count). The lowest BCUT2D eigenvalue weighted by Crippen LogP contribution is -2.21. The van der Waals surface area contributed by atoms with Crippen LogP contribution < -0.4 is 5.69 Å². The van der Waals surface area contributed by atoms with Gasteiger partial charge in [-0.25, -0.2) is 9.59 Å².